The van der Waals surface area contributed by atoms with Crippen molar-refractivity contribution in [1.82, 2.24) is 9.97 Å². The molecule has 3 aromatic rings. The summed E-state index contributed by atoms with van der Waals surface area (Å²) in [5, 5.41) is 1.21. The summed E-state index contributed by atoms with van der Waals surface area (Å²) in [6, 6.07) is 1.17. The highest BCUT2D eigenvalue weighted by atomic mass is 32.1. The van der Waals surface area contributed by atoms with E-state index in [9.17, 15) is 22.4 Å². The van der Waals surface area contributed by atoms with Crippen molar-refractivity contribution in [2.24, 2.45) is 0 Å². The van der Waals surface area contributed by atoms with E-state index in [0.29, 0.717) is 11.3 Å². The van der Waals surface area contributed by atoms with Gasteiger partial charge in [0.1, 0.15) is 10.6 Å². The number of methoxy groups -OCH3 is 1. The molecule has 1 N–H and O–H groups in total. The number of carbonyl (C=O) groups excluding carboxylic acids is 1. The number of rotatable bonds is 2. The van der Waals surface area contributed by atoms with Gasteiger partial charge in [0.05, 0.1) is 12.7 Å². The van der Waals surface area contributed by atoms with Gasteiger partial charge in [-0.25, -0.2) is 4.79 Å². The molecule has 5 nitrogen and oxygen atoms in total. The summed E-state index contributed by atoms with van der Waals surface area (Å²) in [6.07, 6.45) is -5.85. The van der Waals surface area contributed by atoms with Crippen molar-refractivity contribution in [1.29, 1.82) is 0 Å². The van der Waals surface area contributed by atoms with Gasteiger partial charge in [-0.1, -0.05) is 0 Å². The largest absolute Gasteiger partial charge is 0.464 e. The highest BCUT2D eigenvalue weighted by Gasteiger charge is 2.38. The summed E-state index contributed by atoms with van der Waals surface area (Å²) in [4.78, 5) is 16.6. The predicted molar refractivity (Wildman–Crippen MR) is 68.0 cm³/mol. The molecule has 0 amide bonds. The highest BCUT2D eigenvalue weighted by Crippen LogP contribution is 2.44. The second-order valence-electron chi connectivity index (χ2n) is 4.17. The van der Waals surface area contributed by atoms with Crippen molar-refractivity contribution < 1.29 is 31.5 Å². The number of carbonyl (C=O) groups is 1. The molecule has 0 saturated carbocycles. The molecule has 22 heavy (non-hydrogen) atoms. The first-order valence-corrected chi connectivity index (χ1v) is 6.62. The second-order valence-corrected chi connectivity index (χ2v) is 5.09. The summed E-state index contributed by atoms with van der Waals surface area (Å²) in [5.41, 5.74) is -1.27. The Morgan fingerprint density at radius 3 is 2.82 bits per heavy atom. The van der Waals surface area contributed by atoms with E-state index in [-0.39, 0.29) is 28.1 Å². The van der Waals surface area contributed by atoms with Gasteiger partial charge in [-0.05, 0) is 11.4 Å². The number of alkyl halides is 3. The third-order valence-electron chi connectivity index (χ3n) is 2.90. The first-order valence-electron chi connectivity index (χ1n) is 5.74. The number of halogens is 4. The number of nitrogens with one attached hydrogen (secondary N) is 1. The lowest BCUT2D eigenvalue weighted by Crippen LogP contribution is -2.07. The normalized spacial score (nSPS) is 12.0. The topological polar surface area (TPSA) is 68.1 Å². The van der Waals surface area contributed by atoms with Crippen LogP contribution in [0, 0.1) is 6.14 Å². The Balaban J connectivity index is 2.33. The standard InChI is InChI=1S/C12H6F4N2O3S/c1-20-10(19)6-5(7-9(17-6)18-11(13)21-7)4-2-3-22-8(4)12(14,15)16/h2-3,17H,1H3. The molecule has 0 aliphatic heterocycles. The predicted octanol–water partition coefficient (Wildman–Crippen LogP) is 3.83. The minimum atomic E-state index is -4.63. The van der Waals surface area contributed by atoms with Crippen LogP contribution < -0.4 is 0 Å². The molecule has 0 aromatic carbocycles. The van der Waals surface area contributed by atoms with Gasteiger partial charge in [0.25, 0.3) is 0 Å². The third-order valence-corrected chi connectivity index (χ3v) is 3.86. The van der Waals surface area contributed by atoms with Gasteiger partial charge in [0, 0.05) is 5.56 Å². The monoisotopic (exact) mass is 334 g/mol. The molecule has 0 spiro atoms. The quantitative estimate of drug-likeness (QED) is 0.571. The molecule has 0 radical (unpaired) electrons. The van der Waals surface area contributed by atoms with E-state index in [1.54, 1.807) is 0 Å². The molecule has 0 aliphatic rings. The van der Waals surface area contributed by atoms with E-state index < -0.39 is 23.2 Å². The van der Waals surface area contributed by atoms with Gasteiger partial charge in [0.2, 0.25) is 0 Å². The minimum absolute atomic E-state index is 0.174. The fraction of sp³-hybridized carbons (Fsp3) is 0.167. The van der Waals surface area contributed by atoms with Gasteiger partial charge in [0.15, 0.2) is 11.2 Å². The molecule has 3 rings (SSSR count). The van der Waals surface area contributed by atoms with Crippen LogP contribution in [0.3, 0.4) is 0 Å². The van der Waals surface area contributed by atoms with Crippen molar-refractivity contribution >= 4 is 28.5 Å². The lowest BCUT2D eigenvalue weighted by molar-refractivity contribution is -0.133. The molecule has 0 fully saturated rings. The zero-order valence-electron chi connectivity index (χ0n) is 10.7. The smallest absolute Gasteiger partial charge is 0.426 e. The van der Waals surface area contributed by atoms with Crippen molar-refractivity contribution in [3.05, 3.63) is 28.2 Å². The first kappa shape index (κ1) is 14.6. The molecular formula is C12H6F4N2O3S. The zero-order chi connectivity index (χ0) is 16.1. The molecule has 3 heterocycles. The molecule has 0 unspecified atom stereocenters. The van der Waals surface area contributed by atoms with Gasteiger partial charge in [-0.15, -0.1) is 15.7 Å². The maximum absolute atomic E-state index is 13.1. The lowest BCUT2D eigenvalue weighted by Gasteiger charge is -2.07. The Hall–Kier alpha value is -2.36. The maximum atomic E-state index is 13.1. The van der Waals surface area contributed by atoms with Crippen LogP contribution in [0.4, 0.5) is 17.6 Å². The number of nitrogens with zero attached hydrogens (tertiary/aromatic N) is 1. The molecule has 0 saturated heterocycles. The van der Waals surface area contributed by atoms with E-state index in [2.05, 4.69) is 19.1 Å². The number of hydrogen-bond donors (Lipinski definition) is 1. The maximum Gasteiger partial charge on any atom is 0.426 e. The van der Waals surface area contributed by atoms with Gasteiger partial charge >= 0.3 is 18.3 Å². The van der Waals surface area contributed by atoms with Crippen LogP contribution in [0.1, 0.15) is 15.4 Å². The summed E-state index contributed by atoms with van der Waals surface area (Å²) in [7, 11) is 1.07. The van der Waals surface area contributed by atoms with Crippen molar-refractivity contribution in [2.45, 2.75) is 6.18 Å². The third kappa shape index (κ3) is 2.15. The minimum Gasteiger partial charge on any atom is -0.464 e. The van der Waals surface area contributed by atoms with Crippen LogP contribution in [0.15, 0.2) is 15.9 Å². The van der Waals surface area contributed by atoms with Crippen LogP contribution in [-0.4, -0.2) is 23.0 Å². The molecule has 10 heteroatoms. The molecule has 0 bridgehead atoms. The van der Waals surface area contributed by atoms with Crippen LogP contribution >= 0.6 is 11.3 Å². The number of fused-ring (bicyclic) bond motifs is 1. The van der Waals surface area contributed by atoms with Gasteiger partial charge in [-0.2, -0.15) is 18.2 Å². The van der Waals surface area contributed by atoms with E-state index in [0.717, 1.165) is 7.11 Å². The summed E-state index contributed by atoms with van der Waals surface area (Å²) in [5.74, 6) is -0.914. The van der Waals surface area contributed by atoms with Crippen LogP contribution in [-0.2, 0) is 10.9 Å². The number of thiophene rings is 1. The molecular weight excluding hydrogens is 328 g/mol. The second kappa shape index (κ2) is 4.83. The van der Waals surface area contributed by atoms with E-state index in [1.165, 1.54) is 11.4 Å². The Morgan fingerprint density at radius 1 is 1.45 bits per heavy atom. The zero-order valence-corrected chi connectivity index (χ0v) is 11.6. The van der Waals surface area contributed by atoms with Crippen LogP contribution in [0.5, 0.6) is 0 Å². The Kier molecular flexibility index (Phi) is 3.20. The van der Waals surface area contributed by atoms with E-state index >= 15 is 0 Å². The van der Waals surface area contributed by atoms with Gasteiger partial charge < -0.3 is 14.1 Å². The van der Waals surface area contributed by atoms with Crippen LogP contribution in [0.25, 0.3) is 22.4 Å². The molecule has 116 valence electrons. The molecule has 0 atom stereocenters. The number of oxazole rings is 1. The van der Waals surface area contributed by atoms with E-state index in [4.69, 9.17) is 0 Å². The number of aromatic amines is 1. The summed E-state index contributed by atoms with van der Waals surface area (Å²) >= 11 is 0.451. The molecule has 3 aromatic heterocycles. The van der Waals surface area contributed by atoms with E-state index in [1.807, 2.05) is 0 Å². The highest BCUT2D eigenvalue weighted by molar-refractivity contribution is 7.10. The Labute approximate surface area is 123 Å². The number of aromatic nitrogens is 2. The number of esters is 1. The van der Waals surface area contributed by atoms with Gasteiger partial charge in [-0.3, -0.25) is 0 Å². The number of hydrogen-bond acceptors (Lipinski definition) is 5. The Bertz CT molecular complexity index is 862. The fourth-order valence-corrected chi connectivity index (χ4v) is 2.85. The Morgan fingerprint density at radius 2 is 2.18 bits per heavy atom. The lowest BCUT2D eigenvalue weighted by atomic mass is 10.1. The average Bonchev–Trinajstić information content (AvgIpc) is 3.09. The number of ether oxygens (including phenoxy) is 1. The average molecular weight is 334 g/mol. The van der Waals surface area contributed by atoms with Crippen LogP contribution in [0.2, 0.25) is 0 Å². The van der Waals surface area contributed by atoms with Crippen molar-refractivity contribution in [2.75, 3.05) is 7.11 Å². The van der Waals surface area contributed by atoms with Crippen molar-refractivity contribution in [3.63, 3.8) is 0 Å². The summed E-state index contributed by atoms with van der Waals surface area (Å²) in [6.45, 7) is 0. The first-order chi connectivity index (χ1) is 10.3. The summed E-state index contributed by atoms with van der Waals surface area (Å²) < 4.78 is 61.5. The SMILES string of the molecule is COC(=O)c1[nH]c2nc(F)oc2c1-c1ccsc1C(F)(F)F. The number of H-pyrrole nitrogens is 1. The fourth-order valence-electron chi connectivity index (χ4n) is 2.08. The molecule has 0 aliphatic carbocycles. The van der Waals surface area contributed by atoms with Crippen molar-refractivity contribution in [3.8, 4) is 11.1 Å².